The number of hydrogen-bond donors (Lipinski definition) is 7. The van der Waals surface area contributed by atoms with Gasteiger partial charge in [-0.1, -0.05) is 140 Å². The molecule has 0 amide bonds. The summed E-state index contributed by atoms with van der Waals surface area (Å²) >= 11 is 0. The van der Waals surface area contributed by atoms with Crippen LogP contribution in [0.15, 0.2) is 164 Å². The minimum absolute atomic E-state index is 0.142. The molecule has 0 atom stereocenters. The van der Waals surface area contributed by atoms with Crippen LogP contribution in [0.2, 0.25) is 0 Å². The third-order valence-electron chi connectivity index (χ3n) is 10.7. The molecule has 0 bridgehead atoms. The van der Waals surface area contributed by atoms with E-state index in [9.17, 15) is 35.7 Å². The highest BCUT2D eigenvalue weighted by molar-refractivity contribution is 6.39. The van der Waals surface area contributed by atoms with Crippen LogP contribution in [0.4, 0.5) is 17.1 Å². The molecule has 60 heavy (non-hydrogen) atoms. The van der Waals surface area contributed by atoms with Gasteiger partial charge in [0, 0.05) is 11.3 Å². The number of phenolic OH excluding ortho intramolecular Hbond substituents is 7. The van der Waals surface area contributed by atoms with E-state index in [1.807, 2.05) is 128 Å². The van der Waals surface area contributed by atoms with Crippen molar-refractivity contribution in [2.75, 3.05) is 4.90 Å². The first-order chi connectivity index (χ1) is 29.1. The Balaban J connectivity index is 1.33. The molecule has 0 saturated heterocycles. The molecule has 7 N–H and O–H groups in total. The zero-order valence-corrected chi connectivity index (χ0v) is 32.7. The van der Waals surface area contributed by atoms with E-state index in [0.29, 0.717) is 11.1 Å². The van der Waals surface area contributed by atoms with E-state index in [2.05, 4.69) is 0 Å². The van der Waals surface area contributed by atoms with Gasteiger partial charge in [0.15, 0.2) is 34.5 Å². The van der Waals surface area contributed by atoms with Gasteiger partial charge < -0.3 is 35.7 Å². The average molecular weight is 790 g/mol. The summed E-state index contributed by atoms with van der Waals surface area (Å²) in [5.74, 6) is -5.18. The van der Waals surface area contributed by atoms with E-state index in [1.54, 1.807) is 56.4 Å². The Labute approximate surface area is 347 Å². The molecule has 0 unspecified atom stereocenters. The summed E-state index contributed by atoms with van der Waals surface area (Å²) in [6.45, 7) is 1.89. The minimum atomic E-state index is -0.868. The van der Waals surface area contributed by atoms with Crippen molar-refractivity contribution in [1.82, 2.24) is 0 Å². The van der Waals surface area contributed by atoms with Gasteiger partial charge in [0.25, 0.3) is 0 Å². The molecule has 0 aliphatic carbocycles. The van der Waals surface area contributed by atoms with E-state index in [-0.39, 0.29) is 22.3 Å². The van der Waals surface area contributed by atoms with Crippen LogP contribution in [0, 0.1) is 0 Å². The van der Waals surface area contributed by atoms with Crippen molar-refractivity contribution in [3.05, 3.63) is 169 Å². The van der Waals surface area contributed by atoms with Crippen LogP contribution in [-0.2, 0) is 0 Å². The van der Waals surface area contributed by atoms with Crippen molar-refractivity contribution in [2.45, 2.75) is 6.92 Å². The minimum Gasteiger partial charge on any atom is -0.506 e. The molecule has 9 heteroatoms. The van der Waals surface area contributed by atoms with Crippen molar-refractivity contribution in [3.8, 4) is 84.8 Å². The Bertz CT molecular complexity index is 2910. The number of para-hydroxylation sites is 1. The largest absolute Gasteiger partial charge is 0.506 e. The summed E-state index contributed by atoms with van der Waals surface area (Å²) in [6.07, 6.45) is 7.46. The van der Waals surface area contributed by atoms with Gasteiger partial charge >= 0.3 is 0 Å². The predicted octanol–water partition coefficient (Wildman–Crippen LogP) is 10.8. The van der Waals surface area contributed by atoms with Crippen LogP contribution in [-0.4, -0.2) is 43.6 Å². The van der Waals surface area contributed by atoms with Crippen molar-refractivity contribution in [1.29, 1.82) is 0 Å². The lowest BCUT2D eigenvalue weighted by molar-refractivity contribution is 0.376. The Kier molecular flexibility index (Phi) is 10.4. The molecule has 8 aromatic rings. The topological polar surface area (TPSA) is 145 Å². The summed E-state index contributed by atoms with van der Waals surface area (Å²) in [5, 5.41) is 85.0. The quantitative estimate of drug-likeness (QED) is 0.0331. The number of aromatic hydroxyl groups is 7. The maximum absolute atomic E-state index is 12.1. The van der Waals surface area contributed by atoms with Crippen LogP contribution in [0.25, 0.3) is 61.4 Å². The second-order valence-electron chi connectivity index (χ2n) is 14.3. The lowest BCUT2D eigenvalue weighted by Gasteiger charge is -2.30. The number of fused-ring (bicyclic) bond motifs is 1. The monoisotopic (exact) mass is 789 g/mol. The van der Waals surface area contributed by atoms with Crippen molar-refractivity contribution >= 4 is 47.2 Å². The van der Waals surface area contributed by atoms with Gasteiger partial charge in [0.1, 0.15) is 25.0 Å². The van der Waals surface area contributed by atoms with Crippen LogP contribution in [0.5, 0.6) is 40.2 Å². The number of rotatable bonds is 9. The average Bonchev–Trinajstić information content (AvgIpc) is 3.28. The molecule has 0 radical (unpaired) electrons. The summed E-state index contributed by atoms with van der Waals surface area (Å²) < 4.78 is 0. The molecule has 0 aliphatic rings. The van der Waals surface area contributed by atoms with Gasteiger partial charge in [0.05, 0.1) is 5.56 Å². The molecular weight excluding hydrogens is 749 g/mol. The zero-order valence-electron chi connectivity index (χ0n) is 32.7. The number of hydrogen-bond acceptors (Lipinski definition) is 8. The lowest BCUT2D eigenvalue weighted by atomic mass is 9.82. The number of phenols is 7. The fourth-order valence-corrected chi connectivity index (χ4v) is 7.82. The fourth-order valence-electron chi connectivity index (χ4n) is 7.82. The molecule has 0 heterocycles. The third kappa shape index (κ3) is 6.78. The maximum atomic E-state index is 12.1. The van der Waals surface area contributed by atoms with Crippen LogP contribution < -0.4 is 10.4 Å². The third-order valence-corrected chi connectivity index (χ3v) is 10.7. The normalized spacial score (nSPS) is 11.5. The molecular formula is C51H40BNO7. The molecule has 294 valence electrons. The SMILES string of the molecule is Bc1c(O)c(N(c2ccccc2)c2c(O)c(O)c(-c3cc(/C=C\C=C/C)c4ccccc4c3)c(O)c2O)c(O)c(O)c1-c1ccc(-c2ccccc2)c(-c2ccccc2)c1. The van der Waals surface area contributed by atoms with Gasteiger partial charge in [-0.15, -0.1) is 0 Å². The maximum Gasteiger partial charge on any atom is 0.186 e. The van der Waals surface area contributed by atoms with Gasteiger partial charge in [-0.3, -0.25) is 4.90 Å². The summed E-state index contributed by atoms with van der Waals surface area (Å²) in [7, 11) is 1.57. The standard InChI is InChI=1S/C51H40BNO7/c1-2-3-7-20-32-27-35(28-33-21-14-15-24-37(32)33)41-46(55)50(59)44(51(60)47(41)56)53(36-22-12-6-13-23-36)43-48(57)42(52)40(45(54)49(43)58)34-25-26-38(30-16-8-4-9-17-30)39(29-34)31-18-10-5-11-19-31/h2-29,54-60H,52H2,1H3/b3-2-,20-7-. The molecule has 0 aliphatic heterocycles. The van der Waals surface area contributed by atoms with Crippen molar-refractivity contribution in [2.24, 2.45) is 0 Å². The Hall–Kier alpha value is -8.04. The number of allylic oxidation sites excluding steroid dienone is 3. The molecule has 0 aromatic heterocycles. The number of benzene rings is 8. The first-order valence-electron chi connectivity index (χ1n) is 19.3. The van der Waals surface area contributed by atoms with E-state index in [4.69, 9.17) is 0 Å². The molecule has 8 aromatic carbocycles. The van der Waals surface area contributed by atoms with Crippen molar-refractivity contribution in [3.63, 3.8) is 0 Å². The number of anilines is 3. The van der Waals surface area contributed by atoms with Crippen molar-refractivity contribution < 1.29 is 35.7 Å². The van der Waals surface area contributed by atoms with Gasteiger partial charge in [-0.25, -0.2) is 0 Å². The van der Waals surface area contributed by atoms with E-state index >= 15 is 0 Å². The summed E-state index contributed by atoms with van der Waals surface area (Å²) in [4.78, 5) is 1.08. The summed E-state index contributed by atoms with van der Waals surface area (Å²) in [5.41, 5.74) is 4.46. The zero-order chi connectivity index (χ0) is 42.1. The summed E-state index contributed by atoms with van der Waals surface area (Å²) in [6, 6.07) is 44.3. The van der Waals surface area contributed by atoms with E-state index < -0.39 is 51.6 Å². The van der Waals surface area contributed by atoms with Crippen LogP contribution in [0.3, 0.4) is 0 Å². The highest BCUT2D eigenvalue weighted by Crippen LogP contribution is 2.61. The first-order valence-corrected chi connectivity index (χ1v) is 19.3. The highest BCUT2D eigenvalue weighted by Gasteiger charge is 2.35. The number of nitrogens with zero attached hydrogens (tertiary/aromatic N) is 1. The van der Waals surface area contributed by atoms with E-state index in [0.717, 1.165) is 43.5 Å². The predicted molar refractivity (Wildman–Crippen MR) is 244 cm³/mol. The smallest absolute Gasteiger partial charge is 0.186 e. The Morgan fingerprint density at radius 1 is 0.450 bits per heavy atom. The van der Waals surface area contributed by atoms with Crippen LogP contribution >= 0.6 is 0 Å². The highest BCUT2D eigenvalue weighted by atomic mass is 16.3. The first kappa shape index (κ1) is 38.8. The van der Waals surface area contributed by atoms with Gasteiger partial charge in [-0.05, 0) is 92.4 Å². The molecule has 0 fully saturated rings. The fraction of sp³-hybridized carbons (Fsp3) is 0.0196. The molecule has 8 rings (SSSR count). The van der Waals surface area contributed by atoms with Gasteiger partial charge in [0.2, 0.25) is 0 Å². The second kappa shape index (κ2) is 16.1. The lowest BCUT2D eigenvalue weighted by Crippen LogP contribution is -2.17. The molecule has 0 spiro atoms. The van der Waals surface area contributed by atoms with Crippen LogP contribution in [0.1, 0.15) is 12.5 Å². The van der Waals surface area contributed by atoms with E-state index in [1.165, 1.54) is 0 Å². The molecule has 8 nitrogen and oxygen atoms in total. The molecule has 0 saturated carbocycles. The Morgan fingerprint density at radius 3 is 1.60 bits per heavy atom. The second-order valence-corrected chi connectivity index (χ2v) is 14.3. The van der Waals surface area contributed by atoms with Gasteiger partial charge in [-0.2, -0.15) is 0 Å². The Morgan fingerprint density at radius 2 is 0.983 bits per heavy atom.